The van der Waals surface area contributed by atoms with Gasteiger partial charge in [-0.3, -0.25) is 24.6 Å². The molecule has 2 saturated heterocycles. The number of aromatic nitrogens is 1. The number of aromatic hydroxyl groups is 1. The molecule has 10 heteroatoms. The van der Waals surface area contributed by atoms with Crippen molar-refractivity contribution in [3.63, 3.8) is 0 Å². The van der Waals surface area contributed by atoms with Gasteiger partial charge in [-0.15, -0.1) is 0 Å². The molecule has 3 heterocycles. The summed E-state index contributed by atoms with van der Waals surface area (Å²) >= 11 is 0. The number of benzene rings is 3. The average Bonchev–Trinajstić information content (AvgIpc) is 3.17. The molecule has 3 aromatic carbocycles. The van der Waals surface area contributed by atoms with Crippen LogP contribution in [0.1, 0.15) is 98.0 Å². The summed E-state index contributed by atoms with van der Waals surface area (Å²) in [7, 11) is 0. The highest BCUT2D eigenvalue weighted by atomic mass is 16.5. The summed E-state index contributed by atoms with van der Waals surface area (Å²) in [5.41, 5.74) is 6.39. The zero-order valence-electron chi connectivity index (χ0n) is 29.5. The Hall–Kier alpha value is -5.22. The molecule has 0 bridgehead atoms. The van der Waals surface area contributed by atoms with Crippen LogP contribution in [0, 0.1) is 0 Å². The van der Waals surface area contributed by atoms with Crippen molar-refractivity contribution < 1.29 is 24.2 Å². The smallest absolute Gasteiger partial charge is 0.270 e. The molecule has 3 amide bonds. The van der Waals surface area contributed by atoms with E-state index in [-0.39, 0.29) is 38.8 Å². The number of anilines is 1. The van der Waals surface area contributed by atoms with E-state index >= 15 is 0 Å². The summed E-state index contributed by atoms with van der Waals surface area (Å²) in [5, 5.41) is 15.1. The van der Waals surface area contributed by atoms with Gasteiger partial charge in [-0.2, -0.15) is 0 Å². The Morgan fingerprint density at radius 1 is 0.852 bits per heavy atom. The molecule has 1 aliphatic carbocycles. The molecule has 54 heavy (non-hydrogen) atoms. The molecule has 0 radical (unpaired) electrons. The zero-order valence-corrected chi connectivity index (χ0v) is 29.5. The van der Waals surface area contributed by atoms with Gasteiger partial charge in [0, 0.05) is 38.5 Å². The Balaban J connectivity index is 0.00000280. The fourth-order valence-electron chi connectivity index (χ4n) is 7.85. The van der Waals surface area contributed by atoms with Crippen LogP contribution in [0.2, 0.25) is 0 Å². The molecule has 4 aromatic rings. The van der Waals surface area contributed by atoms with Crippen LogP contribution in [0.3, 0.4) is 0 Å². The topological polar surface area (TPSA) is 124 Å². The highest BCUT2D eigenvalue weighted by molar-refractivity contribution is 6.03. The number of phenolic OH excluding ortho intramolecular Hbond substituents is 1. The van der Waals surface area contributed by atoms with Crippen LogP contribution in [0.25, 0.3) is 0 Å². The van der Waals surface area contributed by atoms with Gasteiger partial charge in [0.1, 0.15) is 23.2 Å². The van der Waals surface area contributed by atoms with E-state index in [0.717, 1.165) is 76.3 Å². The molecule has 3 aliphatic rings. The Morgan fingerprint density at radius 2 is 1.63 bits per heavy atom. The zero-order chi connectivity index (χ0) is 35.9. The predicted octanol–water partition coefficient (Wildman–Crippen LogP) is 6.83. The molecule has 2 fully saturated rings. The van der Waals surface area contributed by atoms with Gasteiger partial charge >= 0.3 is 0 Å². The molecular formula is C44H55N5O5. The number of imide groups is 1. The van der Waals surface area contributed by atoms with Gasteiger partial charge in [0.25, 0.3) is 5.91 Å². The summed E-state index contributed by atoms with van der Waals surface area (Å²) in [5.74, 6) is 0.629. The second kappa shape index (κ2) is 18.7. The quantitative estimate of drug-likeness (QED) is 0.107. The van der Waals surface area contributed by atoms with E-state index in [1.165, 1.54) is 22.3 Å². The maximum atomic E-state index is 12.6. The molecule has 1 aromatic heterocycles. The summed E-state index contributed by atoms with van der Waals surface area (Å²) < 4.78 is 6.16. The minimum Gasteiger partial charge on any atom is -0.508 e. The second-order valence-corrected chi connectivity index (χ2v) is 14.1. The number of nitrogens with zero attached hydrogens (tertiary/aromatic N) is 3. The van der Waals surface area contributed by atoms with Crippen LogP contribution in [0.15, 0.2) is 91.1 Å². The molecule has 3 N–H and O–H groups in total. The number of ether oxygens (including phenoxy) is 1. The Bertz CT molecular complexity index is 1840. The van der Waals surface area contributed by atoms with Crippen LogP contribution in [0.5, 0.6) is 11.5 Å². The van der Waals surface area contributed by atoms with Gasteiger partial charge in [0.15, 0.2) is 0 Å². The summed E-state index contributed by atoms with van der Waals surface area (Å²) in [6.07, 6.45) is 7.46. The predicted molar refractivity (Wildman–Crippen MR) is 213 cm³/mol. The lowest BCUT2D eigenvalue weighted by molar-refractivity contribution is -0.134. The number of carbonyl (C=O) groups excluding carboxylic acids is 3. The Labute approximate surface area is 319 Å². The third-order valence-corrected chi connectivity index (χ3v) is 10.7. The molecule has 286 valence electrons. The number of piperazine rings is 1. The fraction of sp³-hybridized carbons (Fsp3) is 0.409. The highest BCUT2D eigenvalue weighted by Crippen LogP contribution is 2.47. The number of hydrogen-bond donors (Lipinski definition) is 3. The van der Waals surface area contributed by atoms with E-state index in [1.54, 1.807) is 12.3 Å². The van der Waals surface area contributed by atoms with E-state index in [9.17, 15) is 19.5 Å². The monoisotopic (exact) mass is 733 g/mol. The molecule has 10 nitrogen and oxygen atoms in total. The number of nitrogens with one attached hydrogen (secondary N) is 2. The summed E-state index contributed by atoms with van der Waals surface area (Å²) in [4.78, 5) is 45.0. The maximum Gasteiger partial charge on any atom is 0.270 e. The van der Waals surface area contributed by atoms with Crippen molar-refractivity contribution in [1.29, 1.82) is 0 Å². The minimum atomic E-state index is -0.719. The normalized spacial score (nSPS) is 19.8. The first kappa shape index (κ1) is 40.0. The number of piperidine rings is 1. The van der Waals surface area contributed by atoms with Crippen LogP contribution >= 0.6 is 0 Å². The lowest BCUT2D eigenvalue weighted by atomic mass is 9.69. The van der Waals surface area contributed by atoms with E-state index < -0.39 is 17.9 Å². The van der Waals surface area contributed by atoms with Crippen LogP contribution in [-0.4, -0.2) is 78.1 Å². The highest BCUT2D eigenvalue weighted by Gasteiger charge is 2.32. The van der Waals surface area contributed by atoms with Gasteiger partial charge < -0.3 is 20.1 Å². The number of rotatable bonds is 12. The van der Waals surface area contributed by atoms with E-state index in [0.29, 0.717) is 24.7 Å². The molecule has 0 spiro atoms. The van der Waals surface area contributed by atoms with Crippen molar-refractivity contribution in [2.75, 3.05) is 44.2 Å². The summed E-state index contributed by atoms with van der Waals surface area (Å²) in [6, 6.07) is 28.1. The minimum absolute atomic E-state index is 0. The number of amides is 3. The number of hydrogen-bond acceptors (Lipinski definition) is 8. The molecule has 3 atom stereocenters. The Morgan fingerprint density at radius 3 is 2.35 bits per heavy atom. The van der Waals surface area contributed by atoms with Crippen molar-refractivity contribution in [2.45, 2.75) is 77.7 Å². The van der Waals surface area contributed by atoms with Crippen molar-refractivity contribution >= 4 is 23.4 Å². The van der Waals surface area contributed by atoms with Crippen molar-refractivity contribution in [1.82, 2.24) is 20.5 Å². The molecule has 7 rings (SSSR count). The lowest BCUT2D eigenvalue weighted by Crippen LogP contribution is -2.52. The Kier molecular flexibility index (Phi) is 13.8. The molecular weight excluding hydrogens is 679 g/mol. The van der Waals surface area contributed by atoms with Crippen molar-refractivity contribution in [3.05, 3.63) is 119 Å². The first-order valence-electron chi connectivity index (χ1n) is 18.6. The SMILES string of the molecule is C.C.O=C1CCC(NC(=O)c2ccc(N3CCN(CCCCCOc4ccc([C@@H]5c6ccc(O)cc6CC[C@@H]5c5ccccc5)cc4)CC3)cn2)C(=O)N1. The first-order chi connectivity index (χ1) is 25.4. The van der Waals surface area contributed by atoms with Crippen molar-refractivity contribution in [3.8, 4) is 11.5 Å². The van der Waals surface area contributed by atoms with E-state index in [2.05, 4.69) is 86.1 Å². The number of phenols is 1. The second-order valence-electron chi connectivity index (χ2n) is 14.1. The number of carbonyl (C=O) groups is 3. The van der Waals surface area contributed by atoms with E-state index in [1.807, 2.05) is 18.2 Å². The molecule has 1 unspecified atom stereocenters. The van der Waals surface area contributed by atoms with Crippen LogP contribution in [-0.2, 0) is 16.0 Å². The fourth-order valence-corrected chi connectivity index (χ4v) is 7.85. The largest absolute Gasteiger partial charge is 0.508 e. The third-order valence-electron chi connectivity index (χ3n) is 10.7. The van der Waals surface area contributed by atoms with Crippen LogP contribution < -0.4 is 20.3 Å². The summed E-state index contributed by atoms with van der Waals surface area (Å²) in [6.45, 7) is 5.48. The van der Waals surface area contributed by atoms with Gasteiger partial charge in [0.2, 0.25) is 11.8 Å². The van der Waals surface area contributed by atoms with Gasteiger partial charge in [0.05, 0.1) is 18.5 Å². The lowest BCUT2D eigenvalue weighted by Gasteiger charge is -2.36. The standard InChI is InChI=1S/C42H47N5O5.2CH4/c48-33-13-17-36-31(27-33)11-16-35(29-7-3-1-4-8-29)40(36)30-9-14-34(15-10-30)52-26-6-2-5-21-46-22-24-47(25-23-46)32-12-18-37(43-28-32)41(50)44-38-19-20-39(49)45-42(38)51;;/h1,3-4,7-10,12-15,17-18,27-28,35,38,40,48H,2,5-6,11,16,19-26H2,(H,44,50)(H,45,49,51);2*1H4/t35-,38?,40+;;/m1../s1. The van der Waals surface area contributed by atoms with Crippen molar-refractivity contribution in [2.24, 2.45) is 0 Å². The number of aryl methyl sites for hydroxylation is 1. The van der Waals surface area contributed by atoms with Gasteiger partial charge in [-0.05, 0) is 110 Å². The van der Waals surface area contributed by atoms with Gasteiger partial charge in [-0.1, -0.05) is 63.4 Å². The maximum absolute atomic E-state index is 12.6. The third kappa shape index (κ3) is 9.65. The van der Waals surface area contributed by atoms with Crippen LogP contribution in [0.4, 0.5) is 5.69 Å². The van der Waals surface area contributed by atoms with E-state index in [4.69, 9.17) is 4.74 Å². The molecule has 0 saturated carbocycles. The number of fused-ring (bicyclic) bond motifs is 1. The molecule has 2 aliphatic heterocycles. The number of unbranched alkanes of at least 4 members (excludes halogenated alkanes) is 2. The van der Waals surface area contributed by atoms with Gasteiger partial charge in [-0.25, -0.2) is 4.98 Å². The average molecular weight is 734 g/mol. The first-order valence-corrected chi connectivity index (χ1v) is 18.6. The number of pyridine rings is 1.